The fourth-order valence-corrected chi connectivity index (χ4v) is 4.26. The number of para-hydroxylation sites is 1. The zero-order valence-electron chi connectivity index (χ0n) is 15.1. The number of carbonyl (C=O) groups excluding carboxylic acids is 2. The Kier molecular flexibility index (Phi) is 6.98. The lowest BCUT2D eigenvalue weighted by molar-refractivity contribution is -0.116. The first-order valence-corrected chi connectivity index (χ1v) is 10.4. The van der Waals surface area contributed by atoms with Crippen LogP contribution >= 0.6 is 11.6 Å². The fraction of sp³-hybridized carbons (Fsp3) is 0.263. The number of halogens is 1. The molecule has 1 N–H and O–H groups in total. The number of hydrogen-bond acceptors (Lipinski definition) is 4. The number of sulfone groups is 1. The largest absolute Gasteiger partial charge is 0.332 e. The number of likely N-dealkylation sites (N-methyl/N-ethyl adjacent to an activating group) is 1. The van der Waals surface area contributed by atoms with Gasteiger partial charge >= 0.3 is 0 Å². The van der Waals surface area contributed by atoms with Crippen molar-refractivity contribution in [1.29, 1.82) is 0 Å². The number of nitrogens with one attached hydrogen (secondary N) is 1. The lowest BCUT2D eigenvalue weighted by Gasteiger charge is -2.19. The van der Waals surface area contributed by atoms with Crippen LogP contribution in [0.15, 0.2) is 53.4 Å². The molecule has 0 aromatic heterocycles. The summed E-state index contributed by atoms with van der Waals surface area (Å²) in [5, 5.41) is 3.01. The Morgan fingerprint density at radius 1 is 1.07 bits per heavy atom. The SMILES string of the molecule is CCCS(=O)(=O)c1ccccc1C(=O)N(C)CC(=O)Nc1ccccc1Cl. The summed E-state index contributed by atoms with van der Waals surface area (Å²) >= 11 is 6.00. The quantitative estimate of drug-likeness (QED) is 0.762. The van der Waals surface area contributed by atoms with E-state index in [0.717, 1.165) is 0 Å². The number of hydrogen-bond donors (Lipinski definition) is 1. The first kappa shape index (κ1) is 20.9. The molecule has 6 nitrogen and oxygen atoms in total. The van der Waals surface area contributed by atoms with Crippen molar-refractivity contribution in [2.45, 2.75) is 18.2 Å². The predicted molar refractivity (Wildman–Crippen MR) is 106 cm³/mol. The van der Waals surface area contributed by atoms with Crippen molar-refractivity contribution in [2.75, 3.05) is 24.7 Å². The molecule has 0 aliphatic rings. The van der Waals surface area contributed by atoms with Gasteiger partial charge in [0.1, 0.15) is 0 Å². The third-order valence-electron chi connectivity index (χ3n) is 3.80. The summed E-state index contributed by atoms with van der Waals surface area (Å²) in [4.78, 5) is 26.1. The number of benzene rings is 2. The monoisotopic (exact) mass is 408 g/mol. The van der Waals surface area contributed by atoms with Gasteiger partial charge in [0.2, 0.25) is 5.91 Å². The van der Waals surface area contributed by atoms with Gasteiger partial charge in [-0.05, 0) is 30.7 Å². The van der Waals surface area contributed by atoms with Crippen LogP contribution in [-0.2, 0) is 14.6 Å². The van der Waals surface area contributed by atoms with Crippen molar-refractivity contribution in [1.82, 2.24) is 4.90 Å². The van der Waals surface area contributed by atoms with Crippen LogP contribution in [0.5, 0.6) is 0 Å². The molecule has 2 amide bonds. The zero-order chi connectivity index (χ0) is 20.0. The van der Waals surface area contributed by atoms with Gasteiger partial charge < -0.3 is 10.2 Å². The highest BCUT2D eigenvalue weighted by molar-refractivity contribution is 7.91. The molecule has 8 heteroatoms. The van der Waals surface area contributed by atoms with Crippen molar-refractivity contribution in [2.24, 2.45) is 0 Å². The van der Waals surface area contributed by atoms with Gasteiger partial charge in [-0.25, -0.2) is 8.42 Å². The number of anilines is 1. The van der Waals surface area contributed by atoms with Gasteiger partial charge in [-0.3, -0.25) is 9.59 Å². The van der Waals surface area contributed by atoms with Crippen LogP contribution in [0.2, 0.25) is 5.02 Å². The van der Waals surface area contributed by atoms with Crippen molar-refractivity contribution in [3.63, 3.8) is 0 Å². The summed E-state index contributed by atoms with van der Waals surface area (Å²) in [7, 11) is -2.13. The zero-order valence-corrected chi connectivity index (χ0v) is 16.7. The Hall–Kier alpha value is -2.38. The van der Waals surface area contributed by atoms with Crippen LogP contribution in [0.4, 0.5) is 5.69 Å². The van der Waals surface area contributed by atoms with Gasteiger partial charge in [0.05, 0.1) is 33.5 Å². The predicted octanol–water partition coefficient (Wildman–Crippen LogP) is 3.23. The molecule has 0 aliphatic heterocycles. The van der Waals surface area contributed by atoms with Crippen molar-refractivity contribution in [3.05, 3.63) is 59.1 Å². The van der Waals surface area contributed by atoms with Crippen LogP contribution < -0.4 is 5.32 Å². The van der Waals surface area contributed by atoms with Crippen LogP contribution in [0.25, 0.3) is 0 Å². The summed E-state index contributed by atoms with van der Waals surface area (Å²) in [6.07, 6.45) is 0.445. The molecule has 0 aliphatic carbocycles. The molecule has 0 unspecified atom stereocenters. The first-order valence-electron chi connectivity index (χ1n) is 8.38. The molecule has 0 saturated heterocycles. The van der Waals surface area contributed by atoms with Crippen molar-refractivity contribution >= 4 is 38.9 Å². The minimum absolute atomic E-state index is 0.0183. The maximum atomic E-state index is 12.7. The molecule has 27 heavy (non-hydrogen) atoms. The molecule has 0 spiro atoms. The average molecular weight is 409 g/mol. The van der Waals surface area contributed by atoms with E-state index in [4.69, 9.17) is 11.6 Å². The second-order valence-corrected chi connectivity index (χ2v) is 8.49. The lowest BCUT2D eigenvalue weighted by atomic mass is 10.2. The Morgan fingerprint density at radius 2 is 1.70 bits per heavy atom. The van der Waals surface area contributed by atoms with Crippen molar-refractivity contribution in [3.8, 4) is 0 Å². The number of amides is 2. The van der Waals surface area contributed by atoms with E-state index in [2.05, 4.69) is 5.32 Å². The van der Waals surface area contributed by atoms with E-state index in [-0.39, 0.29) is 22.8 Å². The average Bonchev–Trinajstić information content (AvgIpc) is 2.63. The number of rotatable bonds is 7. The van der Waals surface area contributed by atoms with E-state index in [1.165, 1.54) is 24.1 Å². The standard InChI is InChI=1S/C19H21ClN2O4S/c1-3-12-27(25,26)17-11-7-4-8-14(17)19(24)22(2)13-18(23)21-16-10-6-5-9-15(16)20/h4-11H,3,12-13H2,1-2H3,(H,21,23). The molecule has 2 aromatic carbocycles. The summed E-state index contributed by atoms with van der Waals surface area (Å²) in [5.74, 6) is -1.03. The highest BCUT2D eigenvalue weighted by atomic mass is 35.5. The van der Waals surface area contributed by atoms with Gasteiger partial charge in [-0.1, -0.05) is 42.8 Å². The van der Waals surface area contributed by atoms with E-state index in [1.807, 2.05) is 0 Å². The van der Waals surface area contributed by atoms with Gasteiger partial charge in [0.15, 0.2) is 9.84 Å². The molecule has 0 bridgehead atoms. The highest BCUT2D eigenvalue weighted by Gasteiger charge is 2.24. The van der Waals surface area contributed by atoms with Crippen LogP contribution in [0.1, 0.15) is 23.7 Å². The molecule has 0 radical (unpaired) electrons. The summed E-state index contributed by atoms with van der Waals surface area (Å²) < 4.78 is 24.8. The Labute approximate surface area is 164 Å². The van der Waals surface area contributed by atoms with Gasteiger partial charge in [0, 0.05) is 7.05 Å². The van der Waals surface area contributed by atoms with E-state index < -0.39 is 21.7 Å². The second-order valence-electron chi connectivity index (χ2n) is 6.00. The van der Waals surface area contributed by atoms with Crippen LogP contribution in [-0.4, -0.2) is 44.5 Å². The van der Waals surface area contributed by atoms with Crippen LogP contribution in [0, 0.1) is 0 Å². The molecule has 0 heterocycles. The number of carbonyl (C=O) groups is 2. The Bertz CT molecular complexity index is 944. The van der Waals surface area contributed by atoms with Crippen molar-refractivity contribution < 1.29 is 18.0 Å². The highest BCUT2D eigenvalue weighted by Crippen LogP contribution is 2.21. The summed E-state index contributed by atoms with van der Waals surface area (Å²) in [6.45, 7) is 1.51. The molecule has 0 atom stereocenters. The molecule has 0 saturated carbocycles. The fourth-order valence-electron chi connectivity index (χ4n) is 2.54. The summed E-state index contributed by atoms with van der Waals surface area (Å²) in [6, 6.07) is 12.8. The van der Waals surface area contributed by atoms with Gasteiger partial charge in [0.25, 0.3) is 5.91 Å². The van der Waals surface area contributed by atoms with Gasteiger partial charge in [-0.15, -0.1) is 0 Å². The topological polar surface area (TPSA) is 83.6 Å². The summed E-state index contributed by atoms with van der Waals surface area (Å²) in [5.41, 5.74) is 0.495. The molecule has 2 aromatic rings. The molecule has 144 valence electrons. The van der Waals surface area contributed by atoms with E-state index in [0.29, 0.717) is 17.1 Å². The second kappa shape index (κ2) is 9.01. The van der Waals surface area contributed by atoms with Crippen LogP contribution in [0.3, 0.4) is 0 Å². The maximum Gasteiger partial charge on any atom is 0.255 e. The third-order valence-corrected chi connectivity index (χ3v) is 6.10. The van der Waals surface area contributed by atoms with Gasteiger partial charge in [-0.2, -0.15) is 0 Å². The lowest BCUT2D eigenvalue weighted by Crippen LogP contribution is -2.35. The van der Waals surface area contributed by atoms with E-state index in [9.17, 15) is 18.0 Å². The molecular formula is C19H21ClN2O4S. The van der Waals surface area contributed by atoms with E-state index >= 15 is 0 Å². The third kappa shape index (κ3) is 5.30. The number of nitrogens with zero attached hydrogens (tertiary/aromatic N) is 1. The molecule has 0 fully saturated rings. The Morgan fingerprint density at radius 3 is 2.37 bits per heavy atom. The minimum atomic E-state index is -3.57. The maximum absolute atomic E-state index is 12.7. The minimum Gasteiger partial charge on any atom is -0.332 e. The first-order chi connectivity index (χ1) is 12.8. The molecule has 2 rings (SSSR count). The van der Waals surface area contributed by atoms with E-state index in [1.54, 1.807) is 43.3 Å². The Balaban J connectivity index is 2.16. The smallest absolute Gasteiger partial charge is 0.255 e. The molecular weight excluding hydrogens is 388 g/mol. The normalized spacial score (nSPS) is 11.1.